The van der Waals surface area contributed by atoms with E-state index < -0.39 is 0 Å². The van der Waals surface area contributed by atoms with Crippen molar-refractivity contribution in [2.75, 3.05) is 14.1 Å². The van der Waals surface area contributed by atoms with E-state index in [1.54, 1.807) is 0 Å². The summed E-state index contributed by atoms with van der Waals surface area (Å²) < 4.78 is 5.39. The third-order valence-corrected chi connectivity index (χ3v) is 1.43. The SMILES string of the molecule is CC(C)c1nnc(CN(C)C)o1. The van der Waals surface area contributed by atoms with Crippen LogP contribution in [0.5, 0.6) is 0 Å². The second-order valence-corrected chi connectivity index (χ2v) is 3.43. The van der Waals surface area contributed by atoms with Crippen molar-refractivity contribution in [3.8, 4) is 0 Å². The van der Waals surface area contributed by atoms with Crippen molar-refractivity contribution in [3.63, 3.8) is 0 Å². The standard InChI is InChI=1S/C8H15N3O/c1-6(2)8-10-9-7(12-8)5-11(3)4/h6H,5H2,1-4H3. The van der Waals surface area contributed by atoms with Crippen molar-refractivity contribution in [3.05, 3.63) is 11.8 Å². The van der Waals surface area contributed by atoms with Crippen molar-refractivity contribution < 1.29 is 4.42 Å². The second kappa shape index (κ2) is 3.67. The Hall–Kier alpha value is -0.900. The van der Waals surface area contributed by atoms with Crippen LogP contribution in [0.3, 0.4) is 0 Å². The molecule has 12 heavy (non-hydrogen) atoms. The highest BCUT2D eigenvalue weighted by Gasteiger charge is 2.09. The van der Waals surface area contributed by atoms with Crippen LogP contribution in [0.4, 0.5) is 0 Å². The van der Waals surface area contributed by atoms with Gasteiger partial charge in [0.2, 0.25) is 11.8 Å². The highest BCUT2D eigenvalue weighted by molar-refractivity contribution is 4.86. The monoisotopic (exact) mass is 169 g/mol. The third kappa shape index (κ3) is 2.30. The fourth-order valence-electron chi connectivity index (χ4n) is 0.834. The first-order valence-corrected chi connectivity index (χ1v) is 4.06. The highest BCUT2D eigenvalue weighted by Crippen LogP contribution is 2.12. The Labute approximate surface area is 72.6 Å². The van der Waals surface area contributed by atoms with E-state index in [0.717, 1.165) is 0 Å². The maximum absolute atomic E-state index is 5.39. The van der Waals surface area contributed by atoms with Gasteiger partial charge < -0.3 is 9.32 Å². The molecule has 0 aromatic carbocycles. The summed E-state index contributed by atoms with van der Waals surface area (Å²) in [6.07, 6.45) is 0. The molecule has 0 aliphatic carbocycles. The minimum absolute atomic E-state index is 0.313. The Balaban J connectivity index is 2.64. The lowest BCUT2D eigenvalue weighted by molar-refractivity contribution is 0.329. The van der Waals surface area contributed by atoms with Gasteiger partial charge in [0, 0.05) is 5.92 Å². The van der Waals surface area contributed by atoms with Gasteiger partial charge in [-0.1, -0.05) is 13.8 Å². The van der Waals surface area contributed by atoms with Crippen molar-refractivity contribution >= 4 is 0 Å². The van der Waals surface area contributed by atoms with Crippen LogP contribution in [-0.2, 0) is 6.54 Å². The van der Waals surface area contributed by atoms with Crippen molar-refractivity contribution in [1.29, 1.82) is 0 Å². The Morgan fingerprint density at radius 3 is 2.42 bits per heavy atom. The van der Waals surface area contributed by atoms with E-state index in [4.69, 9.17) is 4.42 Å². The van der Waals surface area contributed by atoms with E-state index in [2.05, 4.69) is 10.2 Å². The molecule has 0 saturated carbocycles. The largest absolute Gasteiger partial charge is 0.424 e. The van der Waals surface area contributed by atoms with Gasteiger partial charge in [0.25, 0.3) is 0 Å². The van der Waals surface area contributed by atoms with Crippen LogP contribution in [0.1, 0.15) is 31.5 Å². The van der Waals surface area contributed by atoms with E-state index in [1.807, 2.05) is 32.8 Å². The van der Waals surface area contributed by atoms with E-state index in [1.165, 1.54) is 0 Å². The summed E-state index contributed by atoms with van der Waals surface area (Å²) >= 11 is 0. The number of rotatable bonds is 3. The highest BCUT2D eigenvalue weighted by atomic mass is 16.4. The molecule has 1 heterocycles. The Bertz CT molecular complexity index is 242. The van der Waals surface area contributed by atoms with E-state index in [-0.39, 0.29) is 0 Å². The van der Waals surface area contributed by atoms with Gasteiger partial charge >= 0.3 is 0 Å². The van der Waals surface area contributed by atoms with Gasteiger partial charge in [-0.25, -0.2) is 0 Å². The zero-order chi connectivity index (χ0) is 9.14. The molecule has 0 saturated heterocycles. The molecule has 1 rings (SSSR count). The number of hydrogen-bond acceptors (Lipinski definition) is 4. The molecule has 0 amide bonds. The molecule has 0 aliphatic heterocycles. The van der Waals surface area contributed by atoms with E-state index in [0.29, 0.717) is 24.2 Å². The smallest absolute Gasteiger partial charge is 0.230 e. The van der Waals surface area contributed by atoms with Gasteiger partial charge in [0.15, 0.2) is 0 Å². The first-order chi connectivity index (χ1) is 5.59. The molecule has 0 unspecified atom stereocenters. The molecule has 0 radical (unpaired) electrons. The van der Waals surface area contributed by atoms with Crippen LogP contribution < -0.4 is 0 Å². The fraction of sp³-hybridized carbons (Fsp3) is 0.750. The van der Waals surface area contributed by atoms with Crippen LogP contribution in [0.15, 0.2) is 4.42 Å². The molecule has 0 bridgehead atoms. The van der Waals surface area contributed by atoms with Gasteiger partial charge in [-0.2, -0.15) is 0 Å². The average Bonchev–Trinajstić information content (AvgIpc) is 2.34. The van der Waals surface area contributed by atoms with Gasteiger partial charge in [0.1, 0.15) is 0 Å². The minimum Gasteiger partial charge on any atom is -0.424 e. The Kier molecular flexibility index (Phi) is 2.81. The fourth-order valence-corrected chi connectivity index (χ4v) is 0.834. The third-order valence-electron chi connectivity index (χ3n) is 1.43. The molecular formula is C8H15N3O. The quantitative estimate of drug-likeness (QED) is 0.683. The van der Waals surface area contributed by atoms with Crippen molar-refractivity contribution in [1.82, 2.24) is 15.1 Å². The molecule has 0 N–H and O–H groups in total. The normalized spacial score (nSPS) is 11.5. The first kappa shape index (κ1) is 9.19. The molecule has 1 aromatic rings. The summed E-state index contributed by atoms with van der Waals surface area (Å²) in [7, 11) is 3.94. The van der Waals surface area contributed by atoms with Crippen LogP contribution in [0, 0.1) is 0 Å². The van der Waals surface area contributed by atoms with Crippen LogP contribution in [0.25, 0.3) is 0 Å². The molecule has 0 spiro atoms. The molecule has 4 heteroatoms. The summed E-state index contributed by atoms with van der Waals surface area (Å²) in [5.41, 5.74) is 0. The second-order valence-electron chi connectivity index (χ2n) is 3.43. The maximum Gasteiger partial charge on any atom is 0.230 e. The predicted molar refractivity (Wildman–Crippen MR) is 45.8 cm³/mol. The lowest BCUT2D eigenvalue weighted by Crippen LogP contribution is -2.10. The van der Waals surface area contributed by atoms with Crippen molar-refractivity contribution in [2.45, 2.75) is 26.3 Å². The predicted octanol–water partition coefficient (Wildman–Crippen LogP) is 1.25. The molecule has 0 aliphatic rings. The maximum atomic E-state index is 5.39. The van der Waals surface area contributed by atoms with Gasteiger partial charge in [-0.15, -0.1) is 10.2 Å². The van der Waals surface area contributed by atoms with Crippen LogP contribution in [0.2, 0.25) is 0 Å². The van der Waals surface area contributed by atoms with Gasteiger partial charge in [-0.05, 0) is 14.1 Å². The zero-order valence-electron chi connectivity index (χ0n) is 8.03. The number of hydrogen-bond donors (Lipinski definition) is 0. The topological polar surface area (TPSA) is 42.2 Å². The minimum atomic E-state index is 0.313. The molecule has 0 atom stereocenters. The van der Waals surface area contributed by atoms with Gasteiger partial charge in [0.05, 0.1) is 6.54 Å². The summed E-state index contributed by atoms with van der Waals surface area (Å²) in [5.74, 6) is 1.71. The number of aromatic nitrogens is 2. The number of nitrogens with zero attached hydrogens (tertiary/aromatic N) is 3. The van der Waals surface area contributed by atoms with Crippen molar-refractivity contribution in [2.24, 2.45) is 0 Å². The van der Waals surface area contributed by atoms with Gasteiger partial charge in [-0.3, -0.25) is 0 Å². The van der Waals surface area contributed by atoms with Crippen LogP contribution >= 0.6 is 0 Å². The first-order valence-electron chi connectivity index (χ1n) is 4.06. The summed E-state index contributed by atoms with van der Waals surface area (Å²) in [5, 5.41) is 7.84. The molecule has 1 aromatic heterocycles. The summed E-state index contributed by atoms with van der Waals surface area (Å²) in [4.78, 5) is 2.00. The lowest BCUT2D eigenvalue weighted by Gasteiger charge is -2.03. The summed E-state index contributed by atoms with van der Waals surface area (Å²) in [6.45, 7) is 4.78. The van der Waals surface area contributed by atoms with E-state index >= 15 is 0 Å². The Morgan fingerprint density at radius 2 is 2.00 bits per heavy atom. The van der Waals surface area contributed by atoms with E-state index in [9.17, 15) is 0 Å². The molecule has 0 fully saturated rings. The molecule has 4 nitrogen and oxygen atoms in total. The average molecular weight is 169 g/mol. The van der Waals surface area contributed by atoms with Crippen LogP contribution in [-0.4, -0.2) is 29.2 Å². The molecular weight excluding hydrogens is 154 g/mol. The Morgan fingerprint density at radius 1 is 1.33 bits per heavy atom. The summed E-state index contributed by atoms with van der Waals surface area (Å²) in [6, 6.07) is 0. The molecule has 68 valence electrons. The lowest BCUT2D eigenvalue weighted by atomic mass is 10.2. The zero-order valence-corrected chi connectivity index (χ0v) is 8.03.